The largest absolute Gasteiger partial charge is 0.508 e. The van der Waals surface area contributed by atoms with Crippen LogP contribution in [0.15, 0.2) is 18.2 Å². The van der Waals surface area contributed by atoms with Gasteiger partial charge in [0, 0.05) is 5.56 Å². The maximum atomic E-state index is 9.53. The van der Waals surface area contributed by atoms with Crippen molar-refractivity contribution >= 4 is 0 Å². The molecule has 0 radical (unpaired) electrons. The first kappa shape index (κ1) is 11.0. The number of aliphatic hydroxyl groups is 1. The smallest absolute Gasteiger partial charge is 0.120 e. The fourth-order valence-electron chi connectivity index (χ4n) is 1.33. The highest BCUT2D eigenvalue weighted by molar-refractivity contribution is 5.39. The summed E-state index contributed by atoms with van der Waals surface area (Å²) >= 11 is 0. The molecular formula is C11H17NO2. The van der Waals surface area contributed by atoms with Crippen molar-refractivity contribution in [3.63, 3.8) is 0 Å². The molecule has 0 aliphatic rings. The summed E-state index contributed by atoms with van der Waals surface area (Å²) in [5, 5.41) is 18.4. The second-order valence-corrected chi connectivity index (χ2v) is 3.76. The third-order valence-electron chi connectivity index (χ3n) is 2.31. The standard InChI is InChI=1S/C11H17NO2/c1-7(2)8-3-4-11(14)9(5-8)10(12)6-13/h3-5,7,10,13-14H,6,12H2,1-2H3. The molecule has 1 atom stereocenters. The van der Waals surface area contributed by atoms with Crippen LogP contribution in [0.1, 0.15) is 36.9 Å². The zero-order valence-corrected chi connectivity index (χ0v) is 8.57. The second-order valence-electron chi connectivity index (χ2n) is 3.76. The van der Waals surface area contributed by atoms with Gasteiger partial charge in [-0.3, -0.25) is 0 Å². The number of phenols is 1. The van der Waals surface area contributed by atoms with Gasteiger partial charge in [0.05, 0.1) is 12.6 Å². The van der Waals surface area contributed by atoms with Gasteiger partial charge in [-0.25, -0.2) is 0 Å². The number of benzene rings is 1. The van der Waals surface area contributed by atoms with Crippen molar-refractivity contribution in [1.29, 1.82) is 0 Å². The molecule has 78 valence electrons. The molecule has 0 aromatic heterocycles. The van der Waals surface area contributed by atoms with Crippen molar-refractivity contribution in [2.45, 2.75) is 25.8 Å². The summed E-state index contributed by atoms with van der Waals surface area (Å²) in [6.07, 6.45) is 0. The number of phenolic OH excluding ortho intramolecular Hbond substituents is 1. The number of hydrogen-bond acceptors (Lipinski definition) is 3. The molecule has 1 rings (SSSR count). The normalized spacial score (nSPS) is 13.2. The Hall–Kier alpha value is -1.06. The summed E-state index contributed by atoms with van der Waals surface area (Å²) in [5.74, 6) is 0.538. The van der Waals surface area contributed by atoms with E-state index >= 15 is 0 Å². The van der Waals surface area contributed by atoms with E-state index in [4.69, 9.17) is 10.8 Å². The van der Waals surface area contributed by atoms with Gasteiger partial charge in [0.1, 0.15) is 5.75 Å². The fraction of sp³-hybridized carbons (Fsp3) is 0.455. The van der Waals surface area contributed by atoms with E-state index in [0.29, 0.717) is 11.5 Å². The van der Waals surface area contributed by atoms with Gasteiger partial charge in [0.25, 0.3) is 0 Å². The summed E-state index contributed by atoms with van der Waals surface area (Å²) < 4.78 is 0. The Balaban J connectivity index is 3.08. The maximum absolute atomic E-state index is 9.53. The molecule has 0 amide bonds. The van der Waals surface area contributed by atoms with Crippen molar-refractivity contribution in [3.8, 4) is 5.75 Å². The Morgan fingerprint density at radius 2 is 2.00 bits per heavy atom. The molecular weight excluding hydrogens is 178 g/mol. The van der Waals surface area contributed by atoms with Gasteiger partial charge in [-0.1, -0.05) is 26.0 Å². The van der Waals surface area contributed by atoms with Gasteiger partial charge in [-0.05, 0) is 17.5 Å². The van der Waals surface area contributed by atoms with Crippen LogP contribution in [-0.4, -0.2) is 16.8 Å². The minimum absolute atomic E-state index is 0.149. The highest BCUT2D eigenvalue weighted by atomic mass is 16.3. The zero-order chi connectivity index (χ0) is 10.7. The Morgan fingerprint density at radius 3 is 2.50 bits per heavy atom. The van der Waals surface area contributed by atoms with E-state index in [-0.39, 0.29) is 12.4 Å². The summed E-state index contributed by atoms with van der Waals surface area (Å²) in [5.41, 5.74) is 7.38. The molecule has 0 aliphatic heterocycles. The van der Waals surface area contributed by atoms with Crippen molar-refractivity contribution in [2.75, 3.05) is 6.61 Å². The van der Waals surface area contributed by atoms with Crippen molar-refractivity contribution in [3.05, 3.63) is 29.3 Å². The number of aliphatic hydroxyl groups excluding tert-OH is 1. The first-order valence-corrected chi connectivity index (χ1v) is 4.75. The number of rotatable bonds is 3. The predicted molar refractivity (Wildman–Crippen MR) is 56.2 cm³/mol. The van der Waals surface area contributed by atoms with Crippen LogP contribution in [0.3, 0.4) is 0 Å². The molecule has 0 heterocycles. The minimum Gasteiger partial charge on any atom is -0.508 e. The maximum Gasteiger partial charge on any atom is 0.120 e. The molecule has 14 heavy (non-hydrogen) atoms. The molecule has 0 bridgehead atoms. The molecule has 1 aromatic rings. The predicted octanol–water partition coefficient (Wildman–Crippen LogP) is 1.51. The third kappa shape index (κ3) is 2.25. The molecule has 3 nitrogen and oxygen atoms in total. The average Bonchev–Trinajstić information content (AvgIpc) is 2.17. The van der Waals surface area contributed by atoms with Gasteiger partial charge < -0.3 is 15.9 Å². The monoisotopic (exact) mass is 195 g/mol. The molecule has 0 fully saturated rings. The lowest BCUT2D eigenvalue weighted by Gasteiger charge is -2.14. The van der Waals surface area contributed by atoms with E-state index in [1.54, 1.807) is 6.07 Å². The van der Waals surface area contributed by atoms with Crippen LogP contribution in [-0.2, 0) is 0 Å². The Labute approximate surface area is 84.2 Å². The average molecular weight is 195 g/mol. The molecule has 0 saturated carbocycles. The van der Waals surface area contributed by atoms with Crippen LogP contribution in [0.2, 0.25) is 0 Å². The number of hydrogen-bond donors (Lipinski definition) is 3. The lowest BCUT2D eigenvalue weighted by Crippen LogP contribution is -2.14. The minimum atomic E-state index is -0.506. The van der Waals surface area contributed by atoms with E-state index in [9.17, 15) is 5.11 Å². The van der Waals surface area contributed by atoms with Crippen molar-refractivity contribution in [2.24, 2.45) is 5.73 Å². The topological polar surface area (TPSA) is 66.5 Å². The van der Waals surface area contributed by atoms with Crippen LogP contribution in [0.4, 0.5) is 0 Å². The third-order valence-corrected chi connectivity index (χ3v) is 2.31. The summed E-state index contributed by atoms with van der Waals surface area (Å²) in [6.45, 7) is 3.98. The van der Waals surface area contributed by atoms with Crippen molar-refractivity contribution < 1.29 is 10.2 Å². The summed E-state index contributed by atoms with van der Waals surface area (Å²) in [7, 11) is 0. The Kier molecular flexibility index (Phi) is 3.49. The van der Waals surface area contributed by atoms with E-state index in [1.165, 1.54) is 0 Å². The molecule has 1 unspecified atom stereocenters. The number of aromatic hydroxyl groups is 1. The first-order chi connectivity index (χ1) is 6.56. The van der Waals surface area contributed by atoms with Gasteiger partial charge in [0.2, 0.25) is 0 Å². The van der Waals surface area contributed by atoms with E-state index in [0.717, 1.165) is 5.56 Å². The Morgan fingerprint density at radius 1 is 1.36 bits per heavy atom. The van der Waals surface area contributed by atoms with Gasteiger partial charge in [-0.15, -0.1) is 0 Å². The van der Waals surface area contributed by atoms with E-state index in [1.807, 2.05) is 12.1 Å². The summed E-state index contributed by atoms with van der Waals surface area (Å²) in [6, 6.07) is 4.84. The molecule has 4 N–H and O–H groups in total. The highest BCUT2D eigenvalue weighted by Gasteiger charge is 2.11. The van der Waals surface area contributed by atoms with Crippen LogP contribution in [0.5, 0.6) is 5.75 Å². The highest BCUT2D eigenvalue weighted by Crippen LogP contribution is 2.26. The molecule has 0 aliphatic carbocycles. The molecule has 1 aromatic carbocycles. The van der Waals surface area contributed by atoms with E-state index in [2.05, 4.69) is 13.8 Å². The lowest BCUT2D eigenvalue weighted by atomic mass is 9.97. The lowest BCUT2D eigenvalue weighted by molar-refractivity contribution is 0.265. The van der Waals surface area contributed by atoms with Crippen LogP contribution in [0.25, 0.3) is 0 Å². The van der Waals surface area contributed by atoms with Gasteiger partial charge in [0.15, 0.2) is 0 Å². The van der Waals surface area contributed by atoms with Crippen LogP contribution in [0, 0.1) is 0 Å². The van der Waals surface area contributed by atoms with Gasteiger partial charge in [-0.2, -0.15) is 0 Å². The molecule has 3 heteroatoms. The van der Waals surface area contributed by atoms with Crippen molar-refractivity contribution in [1.82, 2.24) is 0 Å². The zero-order valence-electron chi connectivity index (χ0n) is 8.57. The van der Waals surface area contributed by atoms with Crippen LogP contribution >= 0.6 is 0 Å². The molecule has 0 saturated heterocycles. The number of nitrogens with two attached hydrogens (primary N) is 1. The second kappa shape index (κ2) is 4.44. The summed E-state index contributed by atoms with van der Waals surface area (Å²) in [4.78, 5) is 0. The van der Waals surface area contributed by atoms with Gasteiger partial charge >= 0.3 is 0 Å². The van der Waals surface area contributed by atoms with E-state index < -0.39 is 6.04 Å². The first-order valence-electron chi connectivity index (χ1n) is 4.75. The molecule has 0 spiro atoms. The fourth-order valence-corrected chi connectivity index (χ4v) is 1.33. The van der Waals surface area contributed by atoms with Crippen LogP contribution < -0.4 is 5.73 Å². The Bertz CT molecular complexity index is 310. The SMILES string of the molecule is CC(C)c1ccc(O)c(C(N)CO)c1. The quantitative estimate of drug-likeness (QED) is 0.684.